The first-order valence-corrected chi connectivity index (χ1v) is 6.21. The summed E-state index contributed by atoms with van der Waals surface area (Å²) in [5.41, 5.74) is 9.10. The van der Waals surface area contributed by atoms with Gasteiger partial charge in [0, 0.05) is 12.1 Å². The van der Waals surface area contributed by atoms with Crippen molar-refractivity contribution in [3.8, 4) is 5.75 Å². The topological polar surface area (TPSA) is 84.6 Å². The molecule has 0 amide bonds. The van der Waals surface area contributed by atoms with Crippen molar-refractivity contribution in [3.05, 3.63) is 28.8 Å². The van der Waals surface area contributed by atoms with Crippen LogP contribution >= 0.6 is 0 Å². The molecule has 0 bridgehead atoms. The van der Waals surface area contributed by atoms with Crippen molar-refractivity contribution in [2.24, 2.45) is 5.73 Å². The van der Waals surface area contributed by atoms with Gasteiger partial charge in [0.2, 0.25) is 0 Å². The van der Waals surface area contributed by atoms with Crippen LogP contribution in [-0.2, 0) is 4.79 Å². The summed E-state index contributed by atoms with van der Waals surface area (Å²) in [6.45, 7) is 3.97. The molecule has 0 radical (unpaired) electrons. The van der Waals surface area contributed by atoms with E-state index in [0.29, 0.717) is 0 Å². The van der Waals surface area contributed by atoms with Crippen LogP contribution in [0.15, 0.2) is 12.1 Å². The molecule has 106 valence electrons. The minimum Gasteiger partial charge on any atom is -0.496 e. The van der Waals surface area contributed by atoms with Gasteiger partial charge in [-0.3, -0.25) is 4.79 Å². The SMILES string of the molecule is CNC(c1ccc(OC)c(C)c1C)C(N)CC(=O)O. The molecule has 0 aliphatic carbocycles. The fraction of sp³-hybridized carbons (Fsp3) is 0.500. The van der Waals surface area contributed by atoms with Gasteiger partial charge in [-0.2, -0.15) is 0 Å². The average Bonchev–Trinajstić information content (AvgIpc) is 2.34. The number of carboxylic acid groups (broad SMARTS) is 1. The number of carboxylic acids is 1. The number of hydrogen-bond donors (Lipinski definition) is 3. The number of nitrogens with two attached hydrogens (primary N) is 1. The lowest BCUT2D eigenvalue weighted by Crippen LogP contribution is -2.38. The molecular weight excluding hydrogens is 244 g/mol. The Balaban J connectivity index is 3.12. The summed E-state index contributed by atoms with van der Waals surface area (Å²) in [5.74, 6) is -0.0708. The molecule has 2 atom stereocenters. The summed E-state index contributed by atoms with van der Waals surface area (Å²) in [5, 5.41) is 12.0. The lowest BCUT2D eigenvalue weighted by molar-refractivity contribution is -0.137. The monoisotopic (exact) mass is 266 g/mol. The molecule has 4 N–H and O–H groups in total. The number of hydrogen-bond acceptors (Lipinski definition) is 4. The van der Waals surface area contributed by atoms with Crippen LogP contribution in [0.25, 0.3) is 0 Å². The van der Waals surface area contributed by atoms with E-state index in [9.17, 15) is 4.79 Å². The Hall–Kier alpha value is -1.59. The van der Waals surface area contributed by atoms with Gasteiger partial charge in [0.05, 0.1) is 13.5 Å². The van der Waals surface area contributed by atoms with Gasteiger partial charge >= 0.3 is 5.97 Å². The summed E-state index contributed by atoms with van der Waals surface area (Å²) >= 11 is 0. The molecule has 5 heteroatoms. The largest absolute Gasteiger partial charge is 0.496 e. The van der Waals surface area contributed by atoms with Crippen LogP contribution in [0.4, 0.5) is 0 Å². The molecule has 0 aliphatic heterocycles. The Labute approximate surface area is 113 Å². The van der Waals surface area contributed by atoms with E-state index in [4.69, 9.17) is 15.6 Å². The summed E-state index contributed by atoms with van der Waals surface area (Å²) in [4.78, 5) is 10.8. The minimum absolute atomic E-state index is 0.0734. The molecule has 0 spiro atoms. The Morgan fingerprint density at radius 2 is 2.05 bits per heavy atom. The quantitative estimate of drug-likeness (QED) is 0.724. The smallest absolute Gasteiger partial charge is 0.304 e. The maximum absolute atomic E-state index is 10.8. The number of likely N-dealkylation sites (N-methyl/N-ethyl adjacent to an activating group) is 1. The first-order chi connectivity index (χ1) is 8.92. The van der Waals surface area contributed by atoms with E-state index >= 15 is 0 Å². The second-order valence-corrected chi connectivity index (χ2v) is 4.64. The predicted molar refractivity (Wildman–Crippen MR) is 74.5 cm³/mol. The van der Waals surface area contributed by atoms with Crippen LogP contribution in [0.1, 0.15) is 29.2 Å². The Kier molecular flexibility index (Phi) is 5.32. The third-order valence-electron chi connectivity index (χ3n) is 3.48. The summed E-state index contributed by atoms with van der Waals surface area (Å²) in [6, 6.07) is 3.15. The highest BCUT2D eigenvalue weighted by Crippen LogP contribution is 2.29. The van der Waals surface area contributed by atoms with Crippen molar-refractivity contribution in [2.75, 3.05) is 14.2 Å². The molecule has 0 heterocycles. The normalized spacial score (nSPS) is 13.9. The van der Waals surface area contributed by atoms with Gasteiger partial charge in [-0.05, 0) is 43.7 Å². The number of methoxy groups -OCH3 is 1. The molecule has 19 heavy (non-hydrogen) atoms. The van der Waals surface area contributed by atoms with E-state index in [1.54, 1.807) is 14.2 Å². The first-order valence-electron chi connectivity index (χ1n) is 6.21. The fourth-order valence-corrected chi connectivity index (χ4v) is 2.29. The van der Waals surface area contributed by atoms with E-state index in [1.165, 1.54) is 0 Å². The lowest BCUT2D eigenvalue weighted by atomic mass is 9.91. The number of nitrogens with one attached hydrogen (secondary N) is 1. The van der Waals surface area contributed by atoms with Crippen molar-refractivity contribution in [2.45, 2.75) is 32.4 Å². The number of rotatable bonds is 6. The van der Waals surface area contributed by atoms with E-state index in [2.05, 4.69) is 5.32 Å². The van der Waals surface area contributed by atoms with Crippen LogP contribution in [0.3, 0.4) is 0 Å². The van der Waals surface area contributed by atoms with E-state index < -0.39 is 12.0 Å². The van der Waals surface area contributed by atoms with Crippen molar-refractivity contribution in [1.82, 2.24) is 5.32 Å². The van der Waals surface area contributed by atoms with Crippen LogP contribution in [0.2, 0.25) is 0 Å². The first kappa shape index (κ1) is 15.5. The average molecular weight is 266 g/mol. The van der Waals surface area contributed by atoms with E-state index in [1.807, 2.05) is 26.0 Å². The molecule has 0 saturated heterocycles. The zero-order chi connectivity index (χ0) is 14.6. The number of benzene rings is 1. The molecule has 5 nitrogen and oxygen atoms in total. The highest BCUT2D eigenvalue weighted by atomic mass is 16.5. The maximum Gasteiger partial charge on any atom is 0.304 e. The second-order valence-electron chi connectivity index (χ2n) is 4.64. The molecule has 0 saturated carbocycles. The number of carbonyl (C=O) groups is 1. The fourth-order valence-electron chi connectivity index (χ4n) is 2.29. The molecule has 1 aromatic carbocycles. The molecule has 0 fully saturated rings. The van der Waals surface area contributed by atoms with Crippen LogP contribution in [0.5, 0.6) is 5.75 Å². The predicted octanol–water partition coefficient (Wildman–Crippen LogP) is 1.37. The van der Waals surface area contributed by atoms with Crippen LogP contribution in [-0.4, -0.2) is 31.3 Å². The van der Waals surface area contributed by atoms with E-state index in [0.717, 1.165) is 22.4 Å². The third kappa shape index (κ3) is 3.45. The van der Waals surface area contributed by atoms with Gasteiger partial charge in [0.25, 0.3) is 0 Å². The zero-order valence-electron chi connectivity index (χ0n) is 11.9. The molecule has 1 rings (SSSR count). The Morgan fingerprint density at radius 1 is 1.42 bits per heavy atom. The van der Waals surface area contributed by atoms with E-state index in [-0.39, 0.29) is 12.5 Å². The standard InChI is InChI=1S/C14H22N2O3/c1-8-9(2)12(19-4)6-5-10(8)14(16-3)11(15)7-13(17)18/h5-6,11,14,16H,7,15H2,1-4H3,(H,17,18). The van der Waals surface area contributed by atoms with Crippen molar-refractivity contribution < 1.29 is 14.6 Å². The highest BCUT2D eigenvalue weighted by molar-refractivity contribution is 5.67. The molecular formula is C14H22N2O3. The summed E-state index contributed by atoms with van der Waals surface area (Å²) < 4.78 is 5.27. The van der Waals surface area contributed by atoms with Crippen molar-refractivity contribution >= 4 is 5.97 Å². The highest BCUT2D eigenvalue weighted by Gasteiger charge is 2.23. The lowest BCUT2D eigenvalue weighted by Gasteiger charge is -2.25. The molecule has 0 aromatic heterocycles. The van der Waals surface area contributed by atoms with Gasteiger partial charge in [-0.25, -0.2) is 0 Å². The molecule has 2 unspecified atom stereocenters. The summed E-state index contributed by atoms with van der Waals surface area (Å²) in [7, 11) is 3.42. The number of aliphatic carboxylic acids is 1. The minimum atomic E-state index is -0.893. The van der Waals surface area contributed by atoms with Crippen LogP contribution in [0, 0.1) is 13.8 Å². The Morgan fingerprint density at radius 3 is 2.53 bits per heavy atom. The maximum atomic E-state index is 10.8. The van der Waals surface area contributed by atoms with Crippen molar-refractivity contribution in [3.63, 3.8) is 0 Å². The van der Waals surface area contributed by atoms with Gasteiger partial charge < -0.3 is 20.9 Å². The number of ether oxygens (including phenoxy) is 1. The Bertz CT molecular complexity index is 460. The van der Waals surface area contributed by atoms with Gasteiger partial charge in [-0.1, -0.05) is 6.07 Å². The van der Waals surface area contributed by atoms with Gasteiger partial charge in [-0.15, -0.1) is 0 Å². The van der Waals surface area contributed by atoms with Crippen molar-refractivity contribution in [1.29, 1.82) is 0 Å². The second kappa shape index (κ2) is 6.54. The zero-order valence-corrected chi connectivity index (χ0v) is 11.9. The van der Waals surface area contributed by atoms with Crippen LogP contribution < -0.4 is 15.8 Å². The molecule has 1 aromatic rings. The third-order valence-corrected chi connectivity index (χ3v) is 3.48. The summed E-state index contributed by atoms with van der Waals surface area (Å²) in [6.07, 6.45) is -0.0734. The van der Waals surface area contributed by atoms with Gasteiger partial charge in [0.15, 0.2) is 0 Å². The molecule has 0 aliphatic rings. The van der Waals surface area contributed by atoms with Gasteiger partial charge in [0.1, 0.15) is 5.75 Å².